The molecule has 0 N–H and O–H groups in total. The molecule has 18 heavy (non-hydrogen) atoms. The third-order valence-corrected chi connectivity index (χ3v) is 7.06. The first kappa shape index (κ1) is 13.0. The van der Waals surface area contributed by atoms with E-state index in [9.17, 15) is 0 Å². The summed E-state index contributed by atoms with van der Waals surface area (Å²) in [5, 5.41) is 0. The van der Waals surface area contributed by atoms with E-state index < -0.39 is 0 Å². The molecule has 0 radical (unpaired) electrons. The third-order valence-electron chi connectivity index (χ3n) is 7.06. The molecule has 0 aromatic carbocycles. The Balaban J connectivity index is 1.88. The summed E-state index contributed by atoms with van der Waals surface area (Å²) in [7, 11) is 0. The Morgan fingerprint density at radius 1 is 0.944 bits per heavy atom. The first-order valence-electron chi connectivity index (χ1n) is 8.29. The van der Waals surface area contributed by atoms with Crippen molar-refractivity contribution in [3.8, 4) is 0 Å². The summed E-state index contributed by atoms with van der Waals surface area (Å²) in [5.41, 5.74) is 0. The average molecular weight is 247 g/mol. The topological polar surface area (TPSA) is 3.24 Å². The Labute approximate surface area is 114 Å². The highest BCUT2D eigenvalue weighted by molar-refractivity contribution is 6.61. The molecular formula is C16H30BN. The number of nitrogens with zero attached hydrogens (tertiary/aromatic N) is 1. The van der Waals surface area contributed by atoms with Crippen LogP contribution in [0.3, 0.4) is 0 Å². The van der Waals surface area contributed by atoms with Gasteiger partial charge in [-0.3, -0.25) is 4.90 Å². The van der Waals surface area contributed by atoms with Crippen molar-refractivity contribution in [2.75, 3.05) is 0 Å². The van der Waals surface area contributed by atoms with E-state index in [0.29, 0.717) is 0 Å². The van der Waals surface area contributed by atoms with E-state index in [0.717, 1.165) is 48.4 Å². The molecule has 7 atom stereocenters. The van der Waals surface area contributed by atoms with E-state index in [2.05, 4.69) is 39.5 Å². The van der Waals surface area contributed by atoms with E-state index in [1.807, 2.05) is 0 Å². The fourth-order valence-electron chi connectivity index (χ4n) is 5.85. The van der Waals surface area contributed by atoms with Crippen molar-refractivity contribution >= 4 is 6.71 Å². The van der Waals surface area contributed by atoms with Gasteiger partial charge in [0.1, 0.15) is 6.71 Å². The van der Waals surface area contributed by atoms with Crippen molar-refractivity contribution < 1.29 is 0 Å². The van der Waals surface area contributed by atoms with Crippen LogP contribution in [0.2, 0.25) is 18.5 Å². The molecular weight excluding hydrogens is 217 g/mol. The Morgan fingerprint density at radius 2 is 1.67 bits per heavy atom. The second-order valence-corrected chi connectivity index (χ2v) is 7.70. The van der Waals surface area contributed by atoms with Crippen molar-refractivity contribution in [3.05, 3.63) is 0 Å². The summed E-state index contributed by atoms with van der Waals surface area (Å²) < 4.78 is 0. The Bertz CT molecular complexity index is 318. The zero-order valence-corrected chi connectivity index (χ0v) is 12.9. The fraction of sp³-hybridized carbons (Fsp3) is 1.00. The first-order chi connectivity index (χ1) is 8.52. The molecule has 0 amide bonds. The summed E-state index contributed by atoms with van der Waals surface area (Å²) in [6.07, 6.45) is 5.97. The van der Waals surface area contributed by atoms with Crippen LogP contribution in [0.4, 0.5) is 0 Å². The summed E-state index contributed by atoms with van der Waals surface area (Å²) in [6.45, 7) is 13.5. The summed E-state index contributed by atoms with van der Waals surface area (Å²) in [4.78, 5) is 2.92. The van der Waals surface area contributed by atoms with Gasteiger partial charge in [0, 0.05) is 18.1 Å². The van der Waals surface area contributed by atoms with Crippen LogP contribution >= 0.6 is 0 Å². The molecule has 0 saturated carbocycles. The average Bonchev–Trinajstić information content (AvgIpc) is 2.55. The normalized spacial score (nSPS) is 53.2. The highest BCUT2D eigenvalue weighted by atomic mass is 15.3. The summed E-state index contributed by atoms with van der Waals surface area (Å²) in [6, 6.07) is 2.51. The second kappa shape index (κ2) is 4.54. The zero-order valence-electron chi connectivity index (χ0n) is 12.9. The van der Waals surface area contributed by atoms with Crippen molar-refractivity contribution in [3.63, 3.8) is 0 Å². The number of hydrogen-bond donors (Lipinski definition) is 0. The van der Waals surface area contributed by atoms with Gasteiger partial charge in [0.2, 0.25) is 0 Å². The van der Waals surface area contributed by atoms with E-state index in [4.69, 9.17) is 0 Å². The molecule has 0 aliphatic carbocycles. The van der Waals surface area contributed by atoms with Crippen LogP contribution in [-0.4, -0.2) is 29.7 Å². The zero-order chi connectivity index (χ0) is 13.0. The molecule has 3 heterocycles. The maximum atomic E-state index is 2.92. The molecule has 3 rings (SSSR count). The van der Waals surface area contributed by atoms with Crippen molar-refractivity contribution in [2.45, 2.75) is 84.0 Å². The van der Waals surface area contributed by atoms with Crippen LogP contribution in [-0.2, 0) is 0 Å². The molecule has 102 valence electrons. The minimum Gasteiger partial charge on any atom is -0.296 e. The van der Waals surface area contributed by atoms with Crippen molar-refractivity contribution in [2.24, 2.45) is 17.8 Å². The molecule has 0 bridgehead atoms. The molecule has 1 nitrogen and oxygen atoms in total. The molecule has 3 fully saturated rings. The van der Waals surface area contributed by atoms with Gasteiger partial charge in [0.25, 0.3) is 0 Å². The predicted molar refractivity (Wildman–Crippen MR) is 80.4 cm³/mol. The SMILES string of the molecule is C[C@@H]1[C@H](C)[C@H](C)N2[C@H](C)C3B(CCC[C@H]3C)C[C@H]12. The van der Waals surface area contributed by atoms with Crippen molar-refractivity contribution in [1.29, 1.82) is 0 Å². The van der Waals surface area contributed by atoms with Crippen LogP contribution < -0.4 is 0 Å². The highest BCUT2D eigenvalue weighted by Crippen LogP contribution is 2.51. The van der Waals surface area contributed by atoms with Crippen LogP contribution in [0.25, 0.3) is 0 Å². The van der Waals surface area contributed by atoms with Gasteiger partial charge in [-0.15, -0.1) is 0 Å². The van der Waals surface area contributed by atoms with Gasteiger partial charge in [0.15, 0.2) is 0 Å². The molecule has 0 spiro atoms. The molecule has 0 aromatic rings. The molecule has 3 saturated heterocycles. The highest BCUT2D eigenvalue weighted by Gasteiger charge is 2.53. The van der Waals surface area contributed by atoms with E-state index in [1.165, 1.54) is 25.5 Å². The molecule has 3 aliphatic heterocycles. The molecule has 1 unspecified atom stereocenters. The lowest BCUT2D eigenvalue weighted by Crippen LogP contribution is -2.56. The van der Waals surface area contributed by atoms with Gasteiger partial charge < -0.3 is 0 Å². The Morgan fingerprint density at radius 3 is 2.39 bits per heavy atom. The predicted octanol–water partition coefficient (Wildman–Crippen LogP) is 4.03. The van der Waals surface area contributed by atoms with Gasteiger partial charge in [-0.1, -0.05) is 46.3 Å². The number of hydrogen-bond acceptors (Lipinski definition) is 1. The monoisotopic (exact) mass is 247 g/mol. The molecule has 2 heteroatoms. The van der Waals surface area contributed by atoms with E-state index in [-0.39, 0.29) is 0 Å². The van der Waals surface area contributed by atoms with E-state index >= 15 is 0 Å². The second-order valence-electron chi connectivity index (χ2n) is 7.70. The van der Waals surface area contributed by atoms with Crippen LogP contribution in [0.15, 0.2) is 0 Å². The fourth-order valence-corrected chi connectivity index (χ4v) is 5.85. The van der Waals surface area contributed by atoms with Crippen LogP contribution in [0.5, 0.6) is 0 Å². The molecule has 3 aliphatic rings. The standard InChI is InChI=1S/C16H30BN/c1-10-7-6-8-17-9-15-12(3)11(2)13(4)18(15)14(5)16(10)17/h10-16H,6-9H2,1-5H3/t10-,11+,12-,13+,14-,15-,16?/m1/s1. The largest absolute Gasteiger partial charge is 0.296 e. The number of fused-ring (bicyclic) bond motifs is 2. The van der Waals surface area contributed by atoms with Gasteiger partial charge in [-0.2, -0.15) is 0 Å². The maximum absolute atomic E-state index is 2.92. The van der Waals surface area contributed by atoms with Gasteiger partial charge in [0.05, 0.1) is 0 Å². The number of rotatable bonds is 0. The van der Waals surface area contributed by atoms with Gasteiger partial charge in [-0.25, -0.2) is 0 Å². The lowest BCUT2D eigenvalue weighted by atomic mass is 9.28. The quantitative estimate of drug-likeness (QED) is 0.584. The lowest BCUT2D eigenvalue weighted by molar-refractivity contribution is 0.105. The first-order valence-corrected chi connectivity index (χ1v) is 8.29. The summed E-state index contributed by atoms with van der Waals surface area (Å²) in [5.74, 6) is 3.72. The molecule has 0 aromatic heterocycles. The minimum absolute atomic E-state index is 0.801. The van der Waals surface area contributed by atoms with Gasteiger partial charge >= 0.3 is 0 Å². The third kappa shape index (κ3) is 1.71. The summed E-state index contributed by atoms with van der Waals surface area (Å²) >= 11 is 0. The minimum atomic E-state index is 0.801. The smallest absolute Gasteiger partial charge is 0.146 e. The van der Waals surface area contributed by atoms with Crippen LogP contribution in [0, 0.1) is 17.8 Å². The lowest BCUT2D eigenvalue weighted by Gasteiger charge is -2.51. The Kier molecular flexibility index (Phi) is 3.29. The Hall–Kier alpha value is 0.0249. The van der Waals surface area contributed by atoms with Crippen LogP contribution in [0.1, 0.15) is 47.5 Å². The van der Waals surface area contributed by atoms with Crippen molar-refractivity contribution in [1.82, 2.24) is 4.90 Å². The maximum Gasteiger partial charge on any atom is 0.146 e. The van der Waals surface area contributed by atoms with Gasteiger partial charge in [-0.05, 0) is 37.4 Å². The van der Waals surface area contributed by atoms with E-state index in [1.54, 1.807) is 0 Å².